The van der Waals surface area contributed by atoms with Crippen molar-refractivity contribution >= 4 is 11.6 Å². The molecule has 0 aliphatic rings. The fourth-order valence-corrected chi connectivity index (χ4v) is 1.74. The summed E-state index contributed by atoms with van der Waals surface area (Å²) in [6, 6.07) is 4.93. The highest BCUT2D eigenvalue weighted by Crippen LogP contribution is 2.25. The number of aromatic nitrogens is 3. The van der Waals surface area contributed by atoms with Gasteiger partial charge in [-0.05, 0) is 18.2 Å². The highest BCUT2D eigenvalue weighted by atomic mass is 19.4. The second-order valence-corrected chi connectivity index (χ2v) is 4.38. The summed E-state index contributed by atoms with van der Waals surface area (Å²) in [5, 5.41) is 5.34. The lowest BCUT2D eigenvalue weighted by Gasteiger charge is -2.04. The zero-order chi connectivity index (χ0) is 16.5. The quantitative estimate of drug-likeness (QED) is 0.869. The zero-order valence-corrected chi connectivity index (χ0v) is 11.2. The van der Waals surface area contributed by atoms with E-state index in [4.69, 9.17) is 0 Å². The van der Waals surface area contributed by atoms with Crippen LogP contribution in [-0.4, -0.2) is 20.3 Å². The molecule has 0 saturated carbocycles. The van der Waals surface area contributed by atoms with Crippen LogP contribution in [0.15, 0.2) is 29.1 Å². The molecule has 1 heterocycles. The summed E-state index contributed by atoms with van der Waals surface area (Å²) < 4.78 is 51.4. The summed E-state index contributed by atoms with van der Waals surface area (Å²) in [5.41, 5.74) is -0.966. The molecule has 0 atom stereocenters. The number of carbonyl (C=O) groups is 1. The van der Waals surface area contributed by atoms with Gasteiger partial charge >= 0.3 is 11.9 Å². The van der Waals surface area contributed by atoms with Gasteiger partial charge in [0.15, 0.2) is 0 Å². The van der Waals surface area contributed by atoms with Crippen LogP contribution in [0.4, 0.5) is 23.2 Å². The second kappa shape index (κ2) is 5.62. The van der Waals surface area contributed by atoms with Crippen LogP contribution >= 0.6 is 0 Å². The van der Waals surface area contributed by atoms with Gasteiger partial charge in [0.05, 0.1) is 0 Å². The number of anilines is 1. The van der Waals surface area contributed by atoms with E-state index in [1.165, 1.54) is 12.1 Å². The monoisotopic (exact) mass is 318 g/mol. The summed E-state index contributed by atoms with van der Waals surface area (Å²) in [4.78, 5) is 23.3. The zero-order valence-electron chi connectivity index (χ0n) is 11.2. The third-order valence-corrected chi connectivity index (χ3v) is 2.70. The van der Waals surface area contributed by atoms with Gasteiger partial charge in [-0.1, -0.05) is 6.07 Å². The number of carbonyl (C=O) groups excluding carboxylic acids is 1. The van der Waals surface area contributed by atoms with Gasteiger partial charge in [0.25, 0.3) is 0 Å². The summed E-state index contributed by atoms with van der Waals surface area (Å²) >= 11 is 0. The Labute approximate surface area is 121 Å². The van der Waals surface area contributed by atoms with Crippen molar-refractivity contribution < 1.29 is 22.4 Å². The summed E-state index contributed by atoms with van der Waals surface area (Å²) in [5.74, 6) is -2.80. The van der Waals surface area contributed by atoms with Gasteiger partial charge in [0.2, 0.25) is 11.7 Å². The summed E-state index contributed by atoms with van der Waals surface area (Å²) in [7, 11) is 0.902. The van der Waals surface area contributed by atoms with Crippen molar-refractivity contribution in [3.05, 3.63) is 46.4 Å². The molecular weight excluding hydrogens is 308 g/mol. The smallest absolute Gasteiger partial charge is 0.324 e. The molecule has 118 valence electrons. The van der Waals surface area contributed by atoms with E-state index < -0.39 is 36.0 Å². The molecule has 0 aliphatic carbocycles. The molecule has 2 aromatic rings. The maximum atomic E-state index is 12.9. The molecule has 22 heavy (non-hydrogen) atoms. The molecule has 0 radical (unpaired) electrons. The maximum absolute atomic E-state index is 12.9. The predicted octanol–water partition coefficient (Wildman–Crippen LogP) is 1.38. The SMILES string of the molecule is Cn1c(C(F)(F)F)nn(CC(=O)Nc2cccc(F)c2)c1=O. The molecule has 1 N–H and O–H groups in total. The lowest BCUT2D eigenvalue weighted by molar-refractivity contribution is -0.147. The van der Waals surface area contributed by atoms with Crippen molar-refractivity contribution in [3.63, 3.8) is 0 Å². The third-order valence-electron chi connectivity index (χ3n) is 2.70. The van der Waals surface area contributed by atoms with Crippen LogP contribution in [-0.2, 0) is 24.6 Å². The van der Waals surface area contributed by atoms with Crippen LogP contribution in [0.25, 0.3) is 0 Å². The van der Waals surface area contributed by atoms with Crippen molar-refractivity contribution in [1.29, 1.82) is 0 Å². The molecule has 0 saturated heterocycles. The minimum Gasteiger partial charge on any atom is -0.324 e. The first-order chi connectivity index (χ1) is 10.2. The van der Waals surface area contributed by atoms with E-state index in [0.717, 1.165) is 19.2 Å². The Hall–Kier alpha value is -2.65. The number of amides is 1. The highest BCUT2D eigenvalue weighted by Gasteiger charge is 2.38. The Kier molecular flexibility index (Phi) is 4.02. The van der Waals surface area contributed by atoms with Crippen LogP contribution in [0.2, 0.25) is 0 Å². The van der Waals surface area contributed by atoms with Gasteiger partial charge in [-0.2, -0.15) is 13.2 Å². The molecule has 0 unspecified atom stereocenters. The van der Waals surface area contributed by atoms with Gasteiger partial charge in [-0.15, -0.1) is 5.10 Å². The van der Waals surface area contributed by atoms with Crippen molar-refractivity contribution in [1.82, 2.24) is 14.3 Å². The van der Waals surface area contributed by atoms with Crippen molar-refractivity contribution in [3.8, 4) is 0 Å². The Bertz CT molecular complexity index is 763. The number of nitrogens with zero attached hydrogens (tertiary/aromatic N) is 3. The lowest BCUT2D eigenvalue weighted by Crippen LogP contribution is -2.29. The van der Waals surface area contributed by atoms with Gasteiger partial charge in [0.1, 0.15) is 12.4 Å². The molecule has 0 fully saturated rings. The first kappa shape index (κ1) is 15.7. The minimum absolute atomic E-state index is 0.116. The van der Waals surface area contributed by atoms with Gasteiger partial charge in [0, 0.05) is 12.7 Å². The molecule has 6 nitrogen and oxygen atoms in total. The predicted molar refractivity (Wildman–Crippen MR) is 67.5 cm³/mol. The number of rotatable bonds is 3. The standard InChI is InChI=1S/C12H10F4N4O2/c1-19-10(12(14,15)16)18-20(11(19)22)6-9(21)17-8-4-2-3-7(13)5-8/h2-5H,6H2,1H3,(H,17,21). The van der Waals surface area contributed by atoms with Crippen LogP contribution in [0.5, 0.6) is 0 Å². The van der Waals surface area contributed by atoms with E-state index >= 15 is 0 Å². The maximum Gasteiger partial charge on any atom is 0.451 e. The lowest BCUT2D eigenvalue weighted by atomic mass is 10.3. The fraction of sp³-hybridized carbons (Fsp3) is 0.250. The Morgan fingerprint density at radius 2 is 2.05 bits per heavy atom. The third kappa shape index (κ3) is 3.32. The highest BCUT2D eigenvalue weighted by molar-refractivity contribution is 5.90. The Morgan fingerprint density at radius 1 is 1.36 bits per heavy atom. The molecule has 10 heteroatoms. The summed E-state index contributed by atoms with van der Waals surface area (Å²) in [6.45, 7) is -0.723. The van der Waals surface area contributed by atoms with E-state index in [-0.39, 0.29) is 5.69 Å². The van der Waals surface area contributed by atoms with E-state index in [0.29, 0.717) is 9.25 Å². The first-order valence-corrected chi connectivity index (χ1v) is 5.95. The van der Waals surface area contributed by atoms with Gasteiger partial charge in [-0.25, -0.2) is 13.9 Å². The number of halogens is 4. The molecule has 1 aromatic carbocycles. The average molecular weight is 318 g/mol. The Balaban J connectivity index is 2.17. The van der Waals surface area contributed by atoms with E-state index in [1.54, 1.807) is 0 Å². The molecular formula is C12H10F4N4O2. The number of hydrogen-bond acceptors (Lipinski definition) is 3. The van der Waals surface area contributed by atoms with Crippen molar-refractivity contribution in [2.75, 3.05) is 5.32 Å². The van der Waals surface area contributed by atoms with E-state index in [9.17, 15) is 27.2 Å². The molecule has 2 rings (SSSR count). The molecule has 1 aromatic heterocycles. The van der Waals surface area contributed by atoms with E-state index in [2.05, 4.69) is 10.4 Å². The first-order valence-electron chi connectivity index (χ1n) is 5.95. The van der Waals surface area contributed by atoms with Crippen LogP contribution < -0.4 is 11.0 Å². The number of hydrogen-bond donors (Lipinski definition) is 1. The van der Waals surface area contributed by atoms with Crippen LogP contribution in [0.1, 0.15) is 5.82 Å². The topological polar surface area (TPSA) is 68.9 Å². The second-order valence-electron chi connectivity index (χ2n) is 4.38. The number of alkyl halides is 3. The fourth-order valence-electron chi connectivity index (χ4n) is 1.74. The van der Waals surface area contributed by atoms with Gasteiger partial charge in [-0.3, -0.25) is 9.36 Å². The molecule has 0 aliphatic heterocycles. The number of nitrogens with one attached hydrogen (secondary N) is 1. The van der Waals surface area contributed by atoms with Crippen LogP contribution in [0, 0.1) is 5.82 Å². The molecule has 1 amide bonds. The average Bonchev–Trinajstić information content (AvgIpc) is 2.67. The summed E-state index contributed by atoms with van der Waals surface area (Å²) in [6.07, 6.45) is -4.81. The van der Waals surface area contributed by atoms with Crippen molar-refractivity contribution in [2.24, 2.45) is 7.05 Å². The van der Waals surface area contributed by atoms with Gasteiger partial charge < -0.3 is 5.32 Å². The molecule has 0 spiro atoms. The largest absolute Gasteiger partial charge is 0.451 e. The number of benzene rings is 1. The van der Waals surface area contributed by atoms with E-state index in [1.807, 2.05) is 0 Å². The van der Waals surface area contributed by atoms with Crippen LogP contribution in [0.3, 0.4) is 0 Å². The Morgan fingerprint density at radius 3 is 2.59 bits per heavy atom. The minimum atomic E-state index is -4.81. The molecule has 0 bridgehead atoms. The van der Waals surface area contributed by atoms with Crippen molar-refractivity contribution in [2.45, 2.75) is 12.7 Å². The normalized spacial score (nSPS) is 11.5.